The Morgan fingerprint density at radius 1 is 0.958 bits per heavy atom. The molecule has 1 aromatic rings. The van der Waals surface area contributed by atoms with Crippen molar-refractivity contribution >= 4 is 10.4 Å². The van der Waals surface area contributed by atoms with Gasteiger partial charge >= 0.3 is 10.4 Å². The second-order valence-corrected chi connectivity index (χ2v) is 6.70. The van der Waals surface area contributed by atoms with Crippen LogP contribution in [-0.2, 0) is 23.8 Å². The van der Waals surface area contributed by atoms with Gasteiger partial charge in [0.15, 0.2) is 0 Å². The van der Waals surface area contributed by atoms with Gasteiger partial charge in [0.1, 0.15) is 5.75 Å². The topological polar surface area (TPSA) is 71.1 Å². The van der Waals surface area contributed by atoms with Gasteiger partial charge in [0, 0.05) is 6.92 Å². The maximum absolute atomic E-state index is 11.5. The SMILES string of the molecule is CCCCCCCCCOS(=O)(=O)OOC(C)Oc1ccccc1. The second kappa shape index (κ2) is 12.2. The van der Waals surface area contributed by atoms with Crippen LogP contribution in [0, 0.1) is 0 Å². The third-order valence-electron chi connectivity index (χ3n) is 3.28. The van der Waals surface area contributed by atoms with Gasteiger partial charge in [0.2, 0.25) is 6.29 Å². The molecule has 0 saturated heterocycles. The maximum Gasteiger partial charge on any atom is 0.426 e. The Morgan fingerprint density at radius 3 is 2.25 bits per heavy atom. The number of benzene rings is 1. The minimum absolute atomic E-state index is 0.0907. The number of ether oxygens (including phenoxy) is 1. The van der Waals surface area contributed by atoms with Crippen molar-refractivity contribution in [3.8, 4) is 5.75 Å². The molecule has 0 N–H and O–H groups in total. The van der Waals surface area contributed by atoms with Crippen LogP contribution >= 0.6 is 0 Å². The van der Waals surface area contributed by atoms with Crippen LogP contribution in [0.2, 0.25) is 0 Å². The Balaban J connectivity index is 2.10. The Morgan fingerprint density at radius 2 is 1.58 bits per heavy atom. The van der Waals surface area contributed by atoms with Gasteiger partial charge in [-0.05, 0) is 18.6 Å². The summed E-state index contributed by atoms with van der Waals surface area (Å²) in [5, 5.41) is 0. The van der Waals surface area contributed by atoms with Crippen LogP contribution < -0.4 is 4.74 Å². The highest BCUT2D eigenvalue weighted by molar-refractivity contribution is 7.81. The fourth-order valence-electron chi connectivity index (χ4n) is 2.05. The summed E-state index contributed by atoms with van der Waals surface area (Å²) >= 11 is 0. The van der Waals surface area contributed by atoms with Crippen molar-refractivity contribution in [3.63, 3.8) is 0 Å². The minimum Gasteiger partial charge on any atom is -0.462 e. The first-order valence-electron chi connectivity index (χ1n) is 8.49. The zero-order valence-electron chi connectivity index (χ0n) is 14.5. The van der Waals surface area contributed by atoms with Gasteiger partial charge in [0.25, 0.3) is 0 Å². The summed E-state index contributed by atoms with van der Waals surface area (Å²) in [7, 11) is -4.17. The smallest absolute Gasteiger partial charge is 0.426 e. The first kappa shape index (κ1) is 20.9. The van der Waals surface area contributed by atoms with Crippen molar-refractivity contribution in [2.75, 3.05) is 6.61 Å². The summed E-state index contributed by atoms with van der Waals surface area (Å²) in [6.45, 7) is 3.79. The lowest BCUT2D eigenvalue weighted by atomic mass is 10.1. The highest BCUT2D eigenvalue weighted by Crippen LogP contribution is 2.12. The normalized spacial score (nSPS) is 12.9. The van der Waals surface area contributed by atoms with Gasteiger partial charge in [-0.3, -0.25) is 0 Å². The van der Waals surface area contributed by atoms with Gasteiger partial charge in [-0.15, -0.1) is 0 Å². The van der Waals surface area contributed by atoms with Crippen molar-refractivity contribution in [2.24, 2.45) is 0 Å². The van der Waals surface area contributed by atoms with E-state index in [2.05, 4.69) is 11.3 Å². The Hall–Kier alpha value is -1.15. The molecule has 0 aliphatic rings. The molecule has 1 rings (SSSR count). The van der Waals surface area contributed by atoms with Crippen LogP contribution in [-0.4, -0.2) is 21.3 Å². The fourth-order valence-corrected chi connectivity index (χ4v) is 2.62. The number of para-hydroxylation sites is 1. The van der Waals surface area contributed by atoms with Crippen molar-refractivity contribution in [1.82, 2.24) is 0 Å². The van der Waals surface area contributed by atoms with E-state index in [0.29, 0.717) is 12.2 Å². The molecule has 0 aliphatic carbocycles. The van der Waals surface area contributed by atoms with E-state index in [0.717, 1.165) is 12.8 Å². The van der Waals surface area contributed by atoms with Crippen LogP contribution in [0.5, 0.6) is 5.75 Å². The molecule has 0 heterocycles. The lowest BCUT2D eigenvalue weighted by molar-refractivity contribution is -0.291. The number of rotatable bonds is 14. The monoisotopic (exact) mass is 360 g/mol. The summed E-state index contributed by atoms with van der Waals surface area (Å²) in [5.74, 6) is 0.551. The third kappa shape index (κ3) is 10.6. The van der Waals surface area contributed by atoms with E-state index in [1.807, 2.05) is 6.07 Å². The van der Waals surface area contributed by atoms with E-state index in [1.54, 1.807) is 24.3 Å². The zero-order chi connectivity index (χ0) is 17.7. The molecule has 138 valence electrons. The fraction of sp³-hybridized carbons (Fsp3) is 0.647. The molecular weight excluding hydrogens is 332 g/mol. The third-order valence-corrected chi connectivity index (χ3v) is 3.98. The first-order chi connectivity index (χ1) is 11.5. The molecule has 0 spiro atoms. The zero-order valence-corrected chi connectivity index (χ0v) is 15.3. The predicted octanol–water partition coefficient (Wildman–Crippen LogP) is 4.37. The van der Waals surface area contributed by atoms with Gasteiger partial charge in [-0.25, -0.2) is 4.18 Å². The largest absolute Gasteiger partial charge is 0.462 e. The second-order valence-electron chi connectivity index (χ2n) is 5.51. The van der Waals surface area contributed by atoms with E-state index >= 15 is 0 Å². The molecule has 1 unspecified atom stereocenters. The van der Waals surface area contributed by atoms with Crippen molar-refractivity contribution in [3.05, 3.63) is 30.3 Å². The Labute approximate surface area is 145 Å². The van der Waals surface area contributed by atoms with E-state index in [-0.39, 0.29) is 6.61 Å². The Kier molecular flexibility index (Phi) is 10.7. The van der Waals surface area contributed by atoms with Gasteiger partial charge in [-0.2, -0.15) is 13.3 Å². The van der Waals surface area contributed by atoms with Crippen LogP contribution in [0.25, 0.3) is 0 Å². The van der Waals surface area contributed by atoms with E-state index in [9.17, 15) is 8.42 Å². The molecule has 1 aromatic carbocycles. The average Bonchev–Trinajstić information content (AvgIpc) is 2.56. The lowest BCUT2D eigenvalue weighted by Gasteiger charge is -2.13. The Bertz CT molecular complexity index is 517. The average molecular weight is 360 g/mol. The predicted molar refractivity (Wildman–Crippen MR) is 91.6 cm³/mol. The summed E-state index contributed by atoms with van der Waals surface area (Å²) in [4.78, 5) is 4.70. The standard InChI is InChI=1S/C17H28O6S/c1-3-4-5-6-7-8-12-15-20-24(18,19)23-22-16(2)21-17-13-10-9-11-14-17/h9-11,13-14,16H,3-8,12,15H2,1-2H3. The highest BCUT2D eigenvalue weighted by atomic mass is 32.3. The number of hydrogen-bond acceptors (Lipinski definition) is 6. The molecule has 0 saturated carbocycles. The van der Waals surface area contributed by atoms with Gasteiger partial charge < -0.3 is 4.74 Å². The van der Waals surface area contributed by atoms with E-state index in [1.165, 1.54) is 32.6 Å². The van der Waals surface area contributed by atoms with Crippen LogP contribution in [0.3, 0.4) is 0 Å². The molecule has 6 nitrogen and oxygen atoms in total. The molecule has 0 aromatic heterocycles. The van der Waals surface area contributed by atoms with Gasteiger partial charge in [0.05, 0.1) is 6.61 Å². The van der Waals surface area contributed by atoms with Gasteiger partial charge in [-0.1, -0.05) is 68.0 Å². The molecular formula is C17H28O6S. The quantitative estimate of drug-likeness (QED) is 0.212. The molecule has 1 atom stereocenters. The summed E-state index contributed by atoms with van der Waals surface area (Å²) < 4.78 is 37.5. The first-order valence-corrected chi connectivity index (χ1v) is 9.83. The molecule has 24 heavy (non-hydrogen) atoms. The summed E-state index contributed by atoms with van der Waals surface area (Å²) in [6, 6.07) is 8.89. The molecule has 0 fully saturated rings. The maximum atomic E-state index is 11.5. The molecule has 0 bridgehead atoms. The van der Waals surface area contributed by atoms with Crippen molar-refractivity contribution in [2.45, 2.75) is 65.1 Å². The minimum atomic E-state index is -4.17. The number of unbranched alkanes of at least 4 members (excludes halogenated alkanes) is 6. The van der Waals surface area contributed by atoms with Crippen molar-refractivity contribution in [1.29, 1.82) is 0 Å². The molecule has 0 amide bonds. The number of hydrogen-bond donors (Lipinski definition) is 0. The highest BCUT2D eigenvalue weighted by Gasteiger charge is 2.16. The molecule has 0 aliphatic heterocycles. The summed E-state index contributed by atoms with van der Waals surface area (Å²) in [5.41, 5.74) is 0. The van der Waals surface area contributed by atoms with E-state index < -0.39 is 16.7 Å². The van der Waals surface area contributed by atoms with E-state index in [4.69, 9.17) is 13.8 Å². The van der Waals surface area contributed by atoms with Crippen LogP contribution in [0.4, 0.5) is 0 Å². The lowest BCUT2D eigenvalue weighted by Crippen LogP contribution is -2.20. The van der Waals surface area contributed by atoms with Crippen molar-refractivity contribution < 1.29 is 26.6 Å². The molecule has 7 heteroatoms. The van der Waals surface area contributed by atoms with Crippen LogP contribution in [0.1, 0.15) is 58.8 Å². The summed E-state index contributed by atoms with van der Waals surface area (Å²) in [6.07, 6.45) is 6.68. The van der Waals surface area contributed by atoms with Crippen LogP contribution in [0.15, 0.2) is 30.3 Å². The molecule has 0 radical (unpaired) electrons.